The second-order valence-corrected chi connectivity index (χ2v) is 9.56. The number of aromatic nitrogens is 3. The predicted molar refractivity (Wildman–Crippen MR) is 118 cm³/mol. The molecular weight excluding hydrogens is 414 g/mol. The fraction of sp³-hybridized carbons (Fsp3) is 0.318. The summed E-state index contributed by atoms with van der Waals surface area (Å²) in [7, 11) is -3.62. The summed E-state index contributed by atoms with van der Waals surface area (Å²) in [6.07, 6.45) is 3.81. The van der Waals surface area contributed by atoms with E-state index in [9.17, 15) is 13.2 Å². The van der Waals surface area contributed by atoms with E-state index in [1.54, 1.807) is 36.4 Å². The smallest absolute Gasteiger partial charge is 0.255 e. The fourth-order valence-corrected chi connectivity index (χ4v) is 5.20. The van der Waals surface area contributed by atoms with Crippen molar-refractivity contribution in [3.05, 3.63) is 59.9 Å². The number of amides is 1. The molecule has 8 nitrogen and oxygen atoms in total. The zero-order chi connectivity index (χ0) is 21.8. The van der Waals surface area contributed by atoms with E-state index < -0.39 is 10.0 Å². The molecule has 0 saturated carbocycles. The second kappa shape index (κ2) is 8.99. The van der Waals surface area contributed by atoms with Gasteiger partial charge >= 0.3 is 0 Å². The molecule has 1 saturated heterocycles. The highest BCUT2D eigenvalue weighted by Gasteiger charge is 2.25. The molecule has 0 spiro atoms. The first kappa shape index (κ1) is 21.2. The van der Waals surface area contributed by atoms with E-state index in [1.165, 1.54) is 10.4 Å². The molecule has 0 unspecified atom stereocenters. The molecule has 1 fully saturated rings. The summed E-state index contributed by atoms with van der Waals surface area (Å²) in [6.45, 7) is 2.85. The predicted octanol–water partition coefficient (Wildman–Crippen LogP) is 3.60. The highest BCUT2D eigenvalue weighted by Crippen LogP contribution is 2.23. The van der Waals surface area contributed by atoms with Crippen LogP contribution in [0.25, 0.3) is 11.4 Å². The summed E-state index contributed by atoms with van der Waals surface area (Å²) in [5.74, 6) is 0.863. The maximum absolute atomic E-state index is 13.1. The topological polar surface area (TPSA) is 108 Å². The molecule has 2 aromatic carbocycles. The van der Waals surface area contributed by atoms with Gasteiger partial charge in [0.25, 0.3) is 5.91 Å². The highest BCUT2D eigenvalue weighted by molar-refractivity contribution is 7.89. The molecule has 1 amide bonds. The van der Waals surface area contributed by atoms with E-state index in [0.717, 1.165) is 31.2 Å². The van der Waals surface area contributed by atoms with Crippen molar-refractivity contribution in [2.75, 3.05) is 18.4 Å². The van der Waals surface area contributed by atoms with Crippen molar-refractivity contribution in [2.24, 2.45) is 0 Å². The Morgan fingerprint density at radius 1 is 1.03 bits per heavy atom. The molecule has 1 aliphatic heterocycles. The number of aryl methyl sites for hydroxylation is 1. The largest absolute Gasteiger partial charge is 0.322 e. The van der Waals surface area contributed by atoms with Crippen LogP contribution in [0.3, 0.4) is 0 Å². The van der Waals surface area contributed by atoms with Gasteiger partial charge in [-0.05, 0) is 50.1 Å². The first-order valence-corrected chi connectivity index (χ1v) is 11.8. The molecule has 0 bridgehead atoms. The minimum atomic E-state index is -3.62. The summed E-state index contributed by atoms with van der Waals surface area (Å²) in [5.41, 5.74) is 1.63. The lowest BCUT2D eigenvalue weighted by atomic mass is 10.1. The van der Waals surface area contributed by atoms with Crippen LogP contribution < -0.4 is 5.32 Å². The molecule has 0 atom stereocenters. The molecule has 1 aromatic heterocycles. The monoisotopic (exact) mass is 439 g/mol. The number of carbonyl (C=O) groups is 1. The maximum atomic E-state index is 13.1. The van der Waals surface area contributed by atoms with Crippen LogP contribution in [0.5, 0.6) is 0 Å². The summed E-state index contributed by atoms with van der Waals surface area (Å²) in [5, 5.41) is 9.76. The number of anilines is 1. The van der Waals surface area contributed by atoms with Crippen molar-refractivity contribution in [1.29, 1.82) is 0 Å². The van der Waals surface area contributed by atoms with Crippen LogP contribution in [0, 0.1) is 6.92 Å². The molecule has 1 aliphatic rings. The molecule has 0 radical (unpaired) electrons. The number of nitrogens with zero attached hydrogens (tertiary/aromatic N) is 3. The Morgan fingerprint density at radius 3 is 2.48 bits per heavy atom. The van der Waals surface area contributed by atoms with Gasteiger partial charge in [-0.3, -0.25) is 9.89 Å². The number of aromatic amines is 1. The van der Waals surface area contributed by atoms with Crippen LogP contribution >= 0.6 is 0 Å². The molecule has 3 aromatic rings. The Bertz CT molecular complexity index is 1180. The molecule has 4 rings (SSSR count). The van der Waals surface area contributed by atoms with Crippen LogP contribution in [0.1, 0.15) is 41.9 Å². The maximum Gasteiger partial charge on any atom is 0.255 e. The van der Waals surface area contributed by atoms with E-state index in [-0.39, 0.29) is 16.4 Å². The fourth-order valence-electron chi connectivity index (χ4n) is 3.64. The van der Waals surface area contributed by atoms with Gasteiger partial charge in [-0.25, -0.2) is 13.4 Å². The summed E-state index contributed by atoms with van der Waals surface area (Å²) < 4.78 is 27.6. The van der Waals surface area contributed by atoms with Crippen LogP contribution in [0.15, 0.2) is 53.4 Å². The van der Waals surface area contributed by atoms with E-state index >= 15 is 0 Å². The van der Waals surface area contributed by atoms with Gasteiger partial charge in [-0.1, -0.05) is 31.0 Å². The minimum Gasteiger partial charge on any atom is -0.322 e. The SMILES string of the molecule is Cc1nc(-c2cccc(NC(=O)c3cccc(S(=O)(=O)N4CCCCCC4)c3)c2)n[nH]1. The normalized spacial score (nSPS) is 15.4. The summed E-state index contributed by atoms with van der Waals surface area (Å²) in [4.78, 5) is 17.3. The Kier molecular flexibility index (Phi) is 6.15. The Morgan fingerprint density at radius 2 is 1.77 bits per heavy atom. The van der Waals surface area contributed by atoms with Gasteiger partial charge in [-0.15, -0.1) is 0 Å². The first-order valence-electron chi connectivity index (χ1n) is 10.3. The quantitative estimate of drug-likeness (QED) is 0.632. The summed E-state index contributed by atoms with van der Waals surface area (Å²) in [6, 6.07) is 13.4. The van der Waals surface area contributed by atoms with Crippen LogP contribution in [0.4, 0.5) is 5.69 Å². The van der Waals surface area contributed by atoms with Gasteiger partial charge in [0.1, 0.15) is 5.82 Å². The van der Waals surface area contributed by atoms with Crippen molar-refractivity contribution in [3.8, 4) is 11.4 Å². The zero-order valence-corrected chi connectivity index (χ0v) is 18.2. The van der Waals surface area contributed by atoms with Crippen molar-refractivity contribution in [1.82, 2.24) is 19.5 Å². The van der Waals surface area contributed by atoms with Crippen LogP contribution in [-0.2, 0) is 10.0 Å². The lowest BCUT2D eigenvalue weighted by Gasteiger charge is -2.20. The van der Waals surface area contributed by atoms with Gasteiger partial charge in [0.2, 0.25) is 10.0 Å². The van der Waals surface area contributed by atoms with Gasteiger partial charge in [-0.2, -0.15) is 9.40 Å². The van der Waals surface area contributed by atoms with Crippen LogP contribution in [0.2, 0.25) is 0 Å². The number of benzene rings is 2. The van der Waals surface area contributed by atoms with Gasteiger partial charge < -0.3 is 5.32 Å². The minimum absolute atomic E-state index is 0.145. The van der Waals surface area contributed by atoms with Crippen molar-refractivity contribution >= 4 is 21.6 Å². The summed E-state index contributed by atoms with van der Waals surface area (Å²) >= 11 is 0. The molecule has 162 valence electrons. The first-order chi connectivity index (χ1) is 14.9. The number of hydrogen-bond donors (Lipinski definition) is 2. The molecule has 31 heavy (non-hydrogen) atoms. The van der Waals surface area contributed by atoms with E-state index in [1.807, 2.05) is 13.0 Å². The molecule has 9 heteroatoms. The Labute approximate surface area is 181 Å². The van der Waals surface area contributed by atoms with Crippen LogP contribution in [-0.4, -0.2) is 46.9 Å². The van der Waals surface area contributed by atoms with Crippen molar-refractivity contribution in [2.45, 2.75) is 37.5 Å². The van der Waals surface area contributed by atoms with E-state index in [0.29, 0.717) is 30.4 Å². The van der Waals surface area contributed by atoms with E-state index in [2.05, 4.69) is 20.5 Å². The molecule has 0 aliphatic carbocycles. The third kappa shape index (κ3) is 4.83. The average molecular weight is 440 g/mol. The number of sulfonamides is 1. The number of H-pyrrole nitrogens is 1. The lowest BCUT2D eigenvalue weighted by Crippen LogP contribution is -2.32. The van der Waals surface area contributed by atoms with E-state index in [4.69, 9.17) is 0 Å². The number of hydrogen-bond acceptors (Lipinski definition) is 5. The van der Waals surface area contributed by atoms with Gasteiger partial charge in [0.15, 0.2) is 5.82 Å². The number of nitrogens with one attached hydrogen (secondary N) is 2. The lowest BCUT2D eigenvalue weighted by molar-refractivity contribution is 0.102. The number of rotatable bonds is 5. The highest BCUT2D eigenvalue weighted by atomic mass is 32.2. The zero-order valence-electron chi connectivity index (χ0n) is 17.3. The van der Waals surface area contributed by atoms with Gasteiger partial charge in [0.05, 0.1) is 4.90 Å². The third-order valence-corrected chi connectivity index (χ3v) is 7.17. The Hall–Kier alpha value is -3.04. The molecule has 2 heterocycles. The molecule has 2 N–H and O–H groups in total. The van der Waals surface area contributed by atoms with Gasteiger partial charge in [0, 0.05) is 29.9 Å². The van der Waals surface area contributed by atoms with Crippen molar-refractivity contribution < 1.29 is 13.2 Å². The Balaban J connectivity index is 1.53. The second-order valence-electron chi connectivity index (χ2n) is 7.63. The van der Waals surface area contributed by atoms with Crippen molar-refractivity contribution in [3.63, 3.8) is 0 Å². The third-order valence-electron chi connectivity index (χ3n) is 5.27. The average Bonchev–Trinajstić information content (AvgIpc) is 3.02. The molecular formula is C22H25N5O3S. The standard InChI is InChI=1S/C22H25N5O3S/c1-16-23-21(26-25-16)17-8-6-10-19(14-17)24-22(28)18-9-7-11-20(15-18)31(29,30)27-12-4-2-3-5-13-27/h6-11,14-15H,2-5,12-13H2,1H3,(H,24,28)(H,23,25,26). The number of carbonyl (C=O) groups excluding carboxylic acids is 1.